The minimum atomic E-state index is 0.0697. The van der Waals surface area contributed by atoms with Crippen LogP contribution in [-0.4, -0.2) is 36.9 Å². The summed E-state index contributed by atoms with van der Waals surface area (Å²) in [6, 6.07) is 6.07. The summed E-state index contributed by atoms with van der Waals surface area (Å²) in [5, 5.41) is 0. The summed E-state index contributed by atoms with van der Waals surface area (Å²) >= 11 is 0. The number of carbonyl (C=O) groups is 1. The minimum Gasteiger partial charge on any atom is -0.497 e. The third-order valence-electron chi connectivity index (χ3n) is 6.36. The Balaban J connectivity index is 1.78. The molecule has 22 heavy (non-hydrogen) atoms. The van der Waals surface area contributed by atoms with Crippen molar-refractivity contribution in [2.45, 2.75) is 44.6 Å². The fraction of sp³-hybridized carbons (Fsp3) is 0.632. The number of carbonyl (C=O) groups excluding carboxylic acids is 1. The van der Waals surface area contributed by atoms with E-state index in [0.29, 0.717) is 11.7 Å². The monoisotopic (exact) mass is 299 g/mol. The van der Waals surface area contributed by atoms with Crippen LogP contribution in [0.25, 0.3) is 0 Å². The van der Waals surface area contributed by atoms with Crippen LogP contribution in [0.1, 0.15) is 49.0 Å². The van der Waals surface area contributed by atoms with Gasteiger partial charge in [-0.2, -0.15) is 0 Å². The molecule has 0 amide bonds. The standard InChI is InChI=1S/C19H25NO2/c1-12-17-18(21)15-7-6-14(22-3)10-16(15)19(12,2)8-9-20(17)11-13-4-5-13/h6-7,10,12-13,17H,4-5,8-9,11H2,1-3H3/t12?,17-,19+/m0/s1. The fourth-order valence-corrected chi connectivity index (χ4v) is 4.51. The number of rotatable bonds is 3. The zero-order valence-corrected chi connectivity index (χ0v) is 13.8. The van der Waals surface area contributed by atoms with Gasteiger partial charge in [-0.3, -0.25) is 9.69 Å². The van der Waals surface area contributed by atoms with Crippen molar-refractivity contribution in [1.82, 2.24) is 4.90 Å². The number of methoxy groups -OCH3 is 1. The molecule has 0 spiro atoms. The van der Waals surface area contributed by atoms with Crippen LogP contribution in [0.3, 0.4) is 0 Å². The second kappa shape index (κ2) is 4.82. The largest absolute Gasteiger partial charge is 0.497 e. The summed E-state index contributed by atoms with van der Waals surface area (Å²) in [5.74, 6) is 2.38. The van der Waals surface area contributed by atoms with Crippen LogP contribution in [0.2, 0.25) is 0 Å². The summed E-state index contributed by atoms with van der Waals surface area (Å²) in [6.45, 7) is 6.76. The van der Waals surface area contributed by atoms with Crippen molar-refractivity contribution in [1.29, 1.82) is 0 Å². The number of ether oxygens (including phenoxy) is 1. The smallest absolute Gasteiger partial charge is 0.180 e. The lowest BCUT2D eigenvalue weighted by molar-refractivity contribution is 0.0265. The van der Waals surface area contributed by atoms with Crippen LogP contribution in [0.15, 0.2) is 18.2 Å². The molecule has 1 aliphatic heterocycles. The highest BCUT2D eigenvalue weighted by Gasteiger charge is 2.52. The van der Waals surface area contributed by atoms with Gasteiger partial charge in [0.25, 0.3) is 0 Å². The number of fused-ring (bicyclic) bond motifs is 4. The Bertz CT molecular complexity index is 622. The molecule has 1 unspecified atom stereocenters. The molecule has 1 heterocycles. The summed E-state index contributed by atoms with van der Waals surface area (Å²) in [4.78, 5) is 15.6. The van der Waals surface area contributed by atoms with Gasteiger partial charge in [0.1, 0.15) is 5.75 Å². The van der Waals surface area contributed by atoms with Crippen molar-refractivity contribution in [2.24, 2.45) is 11.8 Å². The Morgan fingerprint density at radius 3 is 2.82 bits per heavy atom. The molecule has 3 nitrogen and oxygen atoms in total. The Kier molecular flexibility index (Phi) is 3.12. The highest BCUT2D eigenvalue weighted by atomic mass is 16.5. The van der Waals surface area contributed by atoms with E-state index in [1.807, 2.05) is 12.1 Å². The van der Waals surface area contributed by atoms with Gasteiger partial charge in [0.2, 0.25) is 0 Å². The molecule has 1 saturated heterocycles. The molecule has 3 heteroatoms. The molecule has 0 aromatic heterocycles. The average molecular weight is 299 g/mol. The summed E-state index contributed by atoms with van der Waals surface area (Å²) in [7, 11) is 1.69. The molecule has 0 radical (unpaired) electrons. The molecule has 118 valence electrons. The zero-order chi connectivity index (χ0) is 15.5. The predicted molar refractivity (Wildman–Crippen MR) is 86.5 cm³/mol. The SMILES string of the molecule is COc1ccc2c(c1)[C@]1(C)CCN(CC3CC3)[C@H](C2=O)C1C. The highest BCUT2D eigenvalue weighted by molar-refractivity contribution is 6.03. The van der Waals surface area contributed by atoms with Gasteiger partial charge in [0, 0.05) is 12.1 Å². The summed E-state index contributed by atoms with van der Waals surface area (Å²) in [6.07, 6.45) is 3.82. The van der Waals surface area contributed by atoms with Crippen molar-refractivity contribution in [2.75, 3.05) is 20.2 Å². The number of Topliss-reactive ketones (excluding diaryl/α,β-unsaturated/α-hetero) is 1. The molecule has 1 aromatic carbocycles. The number of piperidine rings is 1. The number of nitrogens with zero attached hydrogens (tertiary/aromatic N) is 1. The van der Waals surface area contributed by atoms with Gasteiger partial charge < -0.3 is 4.74 Å². The number of hydrogen-bond acceptors (Lipinski definition) is 3. The molecule has 1 saturated carbocycles. The molecule has 2 fully saturated rings. The van der Waals surface area contributed by atoms with E-state index in [9.17, 15) is 4.79 Å². The molecule has 3 atom stereocenters. The Morgan fingerprint density at radius 1 is 1.36 bits per heavy atom. The minimum absolute atomic E-state index is 0.0697. The van der Waals surface area contributed by atoms with E-state index in [1.54, 1.807) is 7.11 Å². The van der Waals surface area contributed by atoms with Crippen molar-refractivity contribution in [3.05, 3.63) is 29.3 Å². The van der Waals surface area contributed by atoms with Crippen LogP contribution in [0, 0.1) is 11.8 Å². The number of hydrogen-bond donors (Lipinski definition) is 0. The van der Waals surface area contributed by atoms with E-state index >= 15 is 0 Å². The topological polar surface area (TPSA) is 29.5 Å². The van der Waals surface area contributed by atoms with Crippen LogP contribution >= 0.6 is 0 Å². The van der Waals surface area contributed by atoms with Gasteiger partial charge in [-0.05, 0) is 66.8 Å². The maximum Gasteiger partial charge on any atom is 0.180 e. The molecule has 2 aliphatic carbocycles. The molecular formula is C19H25NO2. The van der Waals surface area contributed by atoms with E-state index in [-0.39, 0.29) is 11.5 Å². The lowest BCUT2D eigenvalue weighted by Gasteiger charge is -2.53. The number of benzene rings is 1. The summed E-state index contributed by atoms with van der Waals surface area (Å²) < 4.78 is 5.39. The quantitative estimate of drug-likeness (QED) is 0.858. The van der Waals surface area contributed by atoms with E-state index < -0.39 is 0 Å². The van der Waals surface area contributed by atoms with Crippen molar-refractivity contribution < 1.29 is 9.53 Å². The van der Waals surface area contributed by atoms with Crippen molar-refractivity contribution >= 4 is 5.78 Å². The van der Waals surface area contributed by atoms with E-state index in [0.717, 1.165) is 36.7 Å². The van der Waals surface area contributed by atoms with Gasteiger partial charge in [-0.25, -0.2) is 0 Å². The second-order valence-electron chi connectivity index (χ2n) is 7.62. The Morgan fingerprint density at radius 2 is 2.14 bits per heavy atom. The average Bonchev–Trinajstić information content (AvgIpc) is 3.33. The maximum absolute atomic E-state index is 13.1. The first-order valence-electron chi connectivity index (χ1n) is 8.51. The van der Waals surface area contributed by atoms with Crippen LogP contribution in [-0.2, 0) is 5.41 Å². The van der Waals surface area contributed by atoms with Crippen molar-refractivity contribution in [3.63, 3.8) is 0 Å². The third kappa shape index (κ3) is 1.95. The number of likely N-dealkylation sites (tertiary alicyclic amines) is 1. The fourth-order valence-electron chi connectivity index (χ4n) is 4.51. The Labute approximate surface area is 132 Å². The van der Waals surface area contributed by atoms with Gasteiger partial charge >= 0.3 is 0 Å². The van der Waals surface area contributed by atoms with Gasteiger partial charge in [-0.1, -0.05) is 13.8 Å². The Hall–Kier alpha value is -1.35. The van der Waals surface area contributed by atoms with Crippen LogP contribution in [0.4, 0.5) is 0 Å². The maximum atomic E-state index is 13.1. The van der Waals surface area contributed by atoms with E-state index in [2.05, 4.69) is 24.8 Å². The van der Waals surface area contributed by atoms with E-state index in [4.69, 9.17) is 4.74 Å². The highest BCUT2D eigenvalue weighted by Crippen LogP contribution is 2.50. The predicted octanol–water partition coefficient (Wildman–Crippen LogP) is 3.27. The molecule has 2 bridgehead atoms. The van der Waals surface area contributed by atoms with Gasteiger partial charge in [0.05, 0.1) is 13.2 Å². The third-order valence-corrected chi connectivity index (χ3v) is 6.36. The molecule has 3 aliphatic rings. The normalized spacial score (nSPS) is 34.4. The first-order chi connectivity index (χ1) is 10.5. The second-order valence-corrected chi connectivity index (χ2v) is 7.62. The van der Waals surface area contributed by atoms with Gasteiger partial charge in [0.15, 0.2) is 5.78 Å². The zero-order valence-electron chi connectivity index (χ0n) is 13.8. The number of ketones is 1. The van der Waals surface area contributed by atoms with Crippen molar-refractivity contribution in [3.8, 4) is 5.75 Å². The van der Waals surface area contributed by atoms with Crippen LogP contribution in [0.5, 0.6) is 5.75 Å². The molecule has 4 rings (SSSR count). The first-order valence-corrected chi connectivity index (χ1v) is 8.51. The summed E-state index contributed by atoms with van der Waals surface area (Å²) in [5.41, 5.74) is 2.21. The first kappa shape index (κ1) is 14.3. The molecular weight excluding hydrogens is 274 g/mol. The molecule has 0 N–H and O–H groups in total. The van der Waals surface area contributed by atoms with Crippen LogP contribution < -0.4 is 4.74 Å². The van der Waals surface area contributed by atoms with Gasteiger partial charge in [-0.15, -0.1) is 0 Å². The molecule has 1 aromatic rings. The van der Waals surface area contributed by atoms with E-state index in [1.165, 1.54) is 18.4 Å². The lowest BCUT2D eigenvalue weighted by Crippen LogP contribution is -2.61. The lowest BCUT2D eigenvalue weighted by atomic mass is 9.58.